The maximum Gasteiger partial charge on any atom is 0.357 e. The summed E-state index contributed by atoms with van der Waals surface area (Å²) in [4.78, 5) is 17.6. The summed E-state index contributed by atoms with van der Waals surface area (Å²) in [5.41, 5.74) is -0.216. The SMILES string of the molecule is O=C(O)c1ncc(I)nc1Cl. The number of aromatic nitrogens is 2. The highest BCUT2D eigenvalue weighted by molar-refractivity contribution is 14.1. The molecule has 0 aliphatic heterocycles. The Morgan fingerprint density at radius 1 is 1.73 bits per heavy atom. The van der Waals surface area contributed by atoms with Gasteiger partial charge in [-0.1, -0.05) is 11.6 Å². The fourth-order valence-electron chi connectivity index (χ4n) is 0.490. The van der Waals surface area contributed by atoms with Crippen molar-refractivity contribution in [3.8, 4) is 0 Å². The normalized spacial score (nSPS) is 9.64. The number of halogens is 2. The van der Waals surface area contributed by atoms with Gasteiger partial charge in [-0.25, -0.2) is 14.8 Å². The molecular formula is C5H2ClIN2O2. The van der Waals surface area contributed by atoms with E-state index in [1.54, 1.807) is 0 Å². The van der Waals surface area contributed by atoms with E-state index in [9.17, 15) is 4.79 Å². The number of hydrogen-bond acceptors (Lipinski definition) is 3. The van der Waals surface area contributed by atoms with Gasteiger partial charge in [0, 0.05) is 0 Å². The second-order valence-electron chi connectivity index (χ2n) is 1.64. The lowest BCUT2D eigenvalue weighted by molar-refractivity contribution is 0.0690. The molecule has 6 heteroatoms. The number of aromatic carboxylic acids is 1. The summed E-state index contributed by atoms with van der Waals surface area (Å²) in [5.74, 6) is -1.17. The topological polar surface area (TPSA) is 63.1 Å². The molecule has 1 heterocycles. The van der Waals surface area contributed by atoms with Gasteiger partial charge >= 0.3 is 5.97 Å². The molecule has 0 radical (unpaired) electrons. The van der Waals surface area contributed by atoms with E-state index in [0.29, 0.717) is 3.70 Å². The van der Waals surface area contributed by atoms with Crippen LogP contribution < -0.4 is 0 Å². The van der Waals surface area contributed by atoms with Gasteiger partial charge in [0.15, 0.2) is 10.8 Å². The minimum Gasteiger partial charge on any atom is -0.476 e. The van der Waals surface area contributed by atoms with Crippen LogP contribution in [0.25, 0.3) is 0 Å². The Bertz CT molecular complexity index is 305. The average Bonchev–Trinajstić information content (AvgIpc) is 1.85. The molecule has 0 amide bonds. The van der Waals surface area contributed by atoms with Crippen molar-refractivity contribution in [1.82, 2.24) is 9.97 Å². The third-order valence-corrected chi connectivity index (χ3v) is 1.69. The molecule has 1 rings (SSSR count). The molecule has 0 aliphatic carbocycles. The summed E-state index contributed by atoms with van der Waals surface area (Å²) in [6, 6.07) is 0. The van der Waals surface area contributed by atoms with Crippen LogP contribution in [0.15, 0.2) is 6.20 Å². The number of carboxylic acids is 1. The van der Waals surface area contributed by atoms with Crippen molar-refractivity contribution in [3.05, 3.63) is 20.7 Å². The monoisotopic (exact) mass is 284 g/mol. The maximum atomic E-state index is 10.3. The average molecular weight is 284 g/mol. The van der Waals surface area contributed by atoms with Crippen molar-refractivity contribution in [1.29, 1.82) is 0 Å². The molecule has 0 aliphatic rings. The number of nitrogens with zero attached hydrogens (tertiary/aromatic N) is 2. The van der Waals surface area contributed by atoms with Crippen LogP contribution in [-0.2, 0) is 0 Å². The standard InChI is InChI=1S/C5H2ClIN2O2/c6-4-3(5(10)11)8-1-2(7)9-4/h1H,(H,10,11). The summed E-state index contributed by atoms with van der Waals surface area (Å²) >= 11 is 7.36. The molecule has 0 bridgehead atoms. The van der Waals surface area contributed by atoms with Gasteiger partial charge < -0.3 is 5.11 Å². The molecule has 0 fully saturated rings. The lowest BCUT2D eigenvalue weighted by atomic mass is 10.5. The van der Waals surface area contributed by atoms with Gasteiger partial charge in [-0.3, -0.25) is 0 Å². The Kier molecular flexibility index (Phi) is 2.61. The fourth-order valence-corrected chi connectivity index (χ4v) is 1.23. The predicted octanol–water partition coefficient (Wildman–Crippen LogP) is 1.43. The van der Waals surface area contributed by atoms with Crippen molar-refractivity contribution in [2.45, 2.75) is 0 Å². The fraction of sp³-hybridized carbons (Fsp3) is 0. The first kappa shape index (κ1) is 8.66. The van der Waals surface area contributed by atoms with E-state index >= 15 is 0 Å². The molecule has 1 aromatic heterocycles. The van der Waals surface area contributed by atoms with Crippen LogP contribution in [-0.4, -0.2) is 21.0 Å². The molecule has 58 valence electrons. The van der Waals surface area contributed by atoms with Crippen molar-refractivity contribution in [2.24, 2.45) is 0 Å². The van der Waals surface area contributed by atoms with Crippen molar-refractivity contribution in [2.75, 3.05) is 0 Å². The molecular weight excluding hydrogens is 282 g/mol. The Morgan fingerprint density at radius 2 is 2.36 bits per heavy atom. The minimum absolute atomic E-state index is 0.0793. The first-order chi connectivity index (χ1) is 5.11. The minimum atomic E-state index is -1.17. The summed E-state index contributed by atoms with van der Waals surface area (Å²) in [7, 11) is 0. The first-order valence-corrected chi connectivity index (χ1v) is 3.98. The van der Waals surface area contributed by atoms with E-state index in [1.807, 2.05) is 22.6 Å². The number of carbonyl (C=O) groups is 1. The molecule has 0 saturated carbocycles. The summed E-state index contributed by atoms with van der Waals surface area (Å²) in [6.07, 6.45) is 1.34. The van der Waals surface area contributed by atoms with Crippen LogP contribution in [0.2, 0.25) is 5.15 Å². The zero-order chi connectivity index (χ0) is 8.43. The van der Waals surface area contributed by atoms with E-state index in [-0.39, 0.29) is 10.8 Å². The van der Waals surface area contributed by atoms with Crippen LogP contribution in [0.3, 0.4) is 0 Å². The third kappa shape index (κ3) is 2.00. The van der Waals surface area contributed by atoms with E-state index in [1.165, 1.54) is 6.20 Å². The van der Waals surface area contributed by atoms with Gasteiger partial charge in [-0.2, -0.15) is 0 Å². The number of rotatable bonds is 1. The molecule has 1 N–H and O–H groups in total. The zero-order valence-corrected chi connectivity index (χ0v) is 8.00. The Balaban J connectivity index is 3.20. The molecule has 0 saturated heterocycles. The quantitative estimate of drug-likeness (QED) is 0.793. The molecule has 0 atom stereocenters. The van der Waals surface area contributed by atoms with Gasteiger partial charge in [0.1, 0.15) is 3.70 Å². The van der Waals surface area contributed by atoms with Gasteiger partial charge in [0.2, 0.25) is 0 Å². The number of hydrogen-bond donors (Lipinski definition) is 1. The summed E-state index contributed by atoms with van der Waals surface area (Å²) < 4.78 is 0.567. The molecule has 0 spiro atoms. The third-order valence-electron chi connectivity index (χ3n) is 0.903. The van der Waals surface area contributed by atoms with E-state index in [2.05, 4.69) is 9.97 Å². The lowest BCUT2D eigenvalue weighted by Crippen LogP contribution is -2.03. The van der Waals surface area contributed by atoms with Gasteiger partial charge in [0.25, 0.3) is 0 Å². The predicted molar refractivity (Wildman–Crippen MR) is 46.7 cm³/mol. The Labute approximate surface area is 80.8 Å². The lowest BCUT2D eigenvalue weighted by Gasteiger charge is -1.95. The zero-order valence-electron chi connectivity index (χ0n) is 5.08. The summed E-state index contributed by atoms with van der Waals surface area (Å²) in [6.45, 7) is 0. The molecule has 0 unspecified atom stereocenters. The molecule has 4 nitrogen and oxygen atoms in total. The van der Waals surface area contributed by atoms with E-state index in [0.717, 1.165) is 0 Å². The van der Waals surface area contributed by atoms with Crippen LogP contribution in [0, 0.1) is 3.70 Å². The van der Waals surface area contributed by atoms with Crippen LogP contribution in [0.4, 0.5) is 0 Å². The van der Waals surface area contributed by atoms with Crippen molar-refractivity contribution in [3.63, 3.8) is 0 Å². The maximum absolute atomic E-state index is 10.3. The smallest absolute Gasteiger partial charge is 0.357 e. The number of carboxylic acid groups (broad SMARTS) is 1. The Morgan fingerprint density at radius 3 is 2.82 bits per heavy atom. The molecule has 11 heavy (non-hydrogen) atoms. The van der Waals surface area contributed by atoms with E-state index < -0.39 is 5.97 Å². The van der Waals surface area contributed by atoms with Gasteiger partial charge in [-0.15, -0.1) is 0 Å². The van der Waals surface area contributed by atoms with Crippen molar-refractivity contribution < 1.29 is 9.90 Å². The largest absolute Gasteiger partial charge is 0.476 e. The van der Waals surface area contributed by atoms with Crippen LogP contribution in [0.5, 0.6) is 0 Å². The first-order valence-electron chi connectivity index (χ1n) is 2.52. The van der Waals surface area contributed by atoms with Crippen molar-refractivity contribution >= 4 is 40.2 Å². The second kappa shape index (κ2) is 3.31. The van der Waals surface area contributed by atoms with Gasteiger partial charge in [-0.05, 0) is 22.6 Å². The van der Waals surface area contributed by atoms with E-state index in [4.69, 9.17) is 16.7 Å². The van der Waals surface area contributed by atoms with Crippen LogP contribution >= 0.6 is 34.2 Å². The highest BCUT2D eigenvalue weighted by atomic mass is 127. The molecule has 1 aromatic rings. The van der Waals surface area contributed by atoms with Gasteiger partial charge in [0.05, 0.1) is 6.20 Å². The van der Waals surface area contributed by atoms with Crippen LogP contribution in [0.1, 0.15) is 10.5 Å². The highest BCUT2D eigenvalue weighted by Crippen LogP contribution is 2.11. The summed E-state index contributed by atoms with van der Waals surface area (Å²) in [5, 5.41) is 8.39. The highest BCUT2D eigenvalue weighted by Gasteiger charge is 2.10. The Hall–Kier alpha value is -0.430. The second-order valence-corrected chi connectivity index (χ2v) is 3.10. The molecule has 0 aromatic carbocycles.